The second-order valence-electron chi connectivity index (χ2n) is 3.55. The molecule has 0 spiro atoms. The molecule has 0 heterocycles. The van der Waals surface area contributed by atoms with Gasteiger partial charge in [0.1, 0.15) is 7.11 Å². The van der Waals surface area contributed by atoms with Crippen LogP contribution in [0.3, 0.4) is 0 Å². The third-order valence-electron chi connectivity index (χ3n) is 2.48. The summed E-state index contributed by atoms with van der Waals surface area (Å²) in [6.45, 7) is 5.32. The Balaban J connectivity index is 3.35. The molecule has 0 unspecified atom stereocenters. The lowest BCUT2D eigenvalue weighted by molar-refractivity contribution is -0.385. The topological polar surface area (TPSA) is 64.7 Å². The van der Waals surface area contributed by atoms with Crippen molar-refractivity contribution in [3.05, 3.63) is 38.9 Å². The molecule has 16 heavy (non-hydrogen) atoms. The van der Waals surface area contributed by atoms with E-state index in [1.54, 1.807) is 13.8 Å². The maximum absolute atomic E-state index is 10.8. The Labute approximate surface area is 93.9 Å². The normalized spacial score (nSPS) is 11.4. The van der Waals surface area contributed by atoms with Crippen LogP contribution in [0.2, 0.25) is 0 Å². The van der Waals surface area contributed by atoms with Crippen LogP contribution in [-0.2, 0) is 4.84 Å². The van der Waals surface area contributed by atoms with Gasteiger partial charge in [0.15, 0.2) is 0 Å². The van der Waals surface area contributed by atoms with Gasteiger partial charge in [0, 0.05) is 17.2 Å². The predicted molar refractivity (Wildman–Crippen MR) is 61.8 cm³/mol. The molecule has 0 fully saturated rings. The van der Waals surface area contributed by atoms with E-state index in [-0.39, 0.29) is 10.6 Å². The average Bonchev–Trinajstić information content (AvgIpc) is 2.21. The number of nitro benzene ring substituents is 1. The number of aryl methyl sites for hydroxylation is 1. The van der Waals surface area contributed by atoms with Gasteiger partial charge in [0.2, 0.25) is 0 Å². The molecule has 1 aromatic carbocycles. The van der Waals surface area contributed by atoms with E-state index in [0.717, 1.165) is 5.56 Å². The van der Waals surface area contributed by atoms with E-state index in [2.05, 4.69) is 9.99 Å². The van der Waals surface area contributed by atoms with Crippen LogP contribution < -0.4 is 0 Å². The molecule has 0 aromatic heterocycles. The van der Waals surface area contributed by atoms with Gasteiger partial charge in [-0.3, -0.25) is 10.1 Å². The van der Waals surface area contributed by atoms with Crippen LogP contribution >= 0.6 is 0 Å². The number of hydrogen-bond donors (Lipinski definition) is 0. The van der Waals surface area contributed by atoms with Gasteiger partial charge < -0.3 is 4.84 Å². The van der Waals surface area contributed by atoms with Crippen molar-refractivity contribution >= 4 is 11.4 Å². The summed E-state index contributed by atoms with van der Waals surface area (Å²) in [6.07, 6.45) is 0. The molecule has 0 atom stereocenters. The van der Waals surface area contributed by atoms with Gasteiger partial charge in [-0.05, 0) is 32.4 Å². The Bertz CT molecular complexity index is 453. The van der Waals surface area contributed by atoms with E-state index in [0.29, 0.717) is 16.8 Å². The van der Waals surface area contributed by atoms with Crippen molar-refractivity contribution in [2.75, 3.05) is 7.11 Å². The molecule has 1 rings (SSSR count). The third kappa shape index (κ3) is 2.36. The zero-order chi connectivity index (χ0) is 12.3. The lowest BCUT2D eigenvalue weighted by Gasteiger charge is -2.05. The van der Waals surface area contributed by atoms with Crippen molar-refractivity contribution in [2.45, 2.75) is 20.8 Å². The second-order valence-corrected chi connectivity index (χ2v) is 3.55. The maximum Gasteiger partial charge on any atom is 0.273 e. The third-order valence-corrected chi connectivity index (χ3v) is 2.48. The van der Waals surface area contributed by atoms with Crippen LogP contribution in [0.4, 0.5) is 5.69 Å². The molecule has 0 bridgehead atoms. The summed E-state index contributed by atoms with van der Waals surface area (Å²) in [4.78, 5) is 15.1. The van der Waals surface area contributed by atoms with Crippen LogP contribution in [0.1, 0.15) is 23.6 Å². The first-order valence-electron chi connectivity index (χ1n) is 4.81. The van der Waals surface area contributed by atoms with Gasteiger partial charge in [-0.25, -0.2) is 0 Å². The SMILES string of the molecule is CO/N=C(\C)c1cc(C)c(C)c([N+](=O)[O-])c1. The van der Waals surface area contributed by atoms with E-state index in [1.165, 1.54) is 13.2 Å². The van der Waals surface area contributed by atoms with Gasteiger partial charge in [-0.2, -0.15) is 0 Å². The van der Waals surface area contributed by atoms with Crippen molar-refractivity contribution in [3.8, 4) is 0 Å². The van der Waals surface area contributed by atoms with Crippen molar-refractivity contribution in [3.63, 3.8) is 0 Å². The van der Waals surface area contributed by atoms with E-state index in [1.807, 2.05) is 13.0 Å². The Kier molecular flexibility index (Phi) is 3.60. The zero-order valence-electron chi connectivity index (χ0n) is 9.77. The highest BCUT2D eigenvalue weighted by Crippen LogP contribution is 2.23. The number of hydrogen-bond acceptors (Lipinski definition) is 4. The van der Waals surface area contributed by atoms with Gasteiger partial charge in [-0.1, -0.05) is 5.16 Å². The molecule has 0 N–H and O–H groups in total. The Morgan fingerprint density at radius 2 is 2.06 bits per heavy atom. The summed E-state index contributed by atoms with van der Waals surface area (Å²) < 4.78 is 0. The fourth-order valence-electron chi connectivity index (χ4n) is 1.43. The minimum absolute atomic E-state index is 0.112. The monoisotopic (exact) mass is 222 g/mol. The molecular formula is C11H14N2O3. The van der Waals surface area contributed by atoms with Crippen molar-refractivity contribution in [2.24, 2.45) is 5.16 Å². The van der Waals surface area contributed by atoms with E-state index >= 15 is 0 Å². The zero-order valence-corrected chi connectivity index (χ0v) is 9.77. The fourth-order valence-corrected chi connectivity index (χ4v) is 1.43. The predicted octanol–water partition coefficient (Wildman–Crippen LogP) is 2.58. The summed E-state index contributed by atoms with van der Waals surface area (Å²) in [7, 11) is 1.44. The summed E-state index contributed by atoms with van der Waals surface area (Å²) in [5.74, 6) is 0. The molecule has 0 aliphatic carbocycles. The highest BCUT2D eigenvalue weighted by atomic mass is 16.6. The van der Waals surface area contributed by atoms with Crippen LogP contribution in [-0.4, -0.2) is 17.7 Å². The molecule has 0 aliphatic heterocycles. The molecule has 0 amide bonds. The summed E-state index contributed by atoms with van der Waals surface area (Å²) in [5.41, 5.74) is 2.99. The first kappa shape index (κ1) is 12.2. The van der Waals surface area contributed by atoms with E-state index in [9.17, 15) is 10.1 Å². The first-order chi connectivity index (χ1) is 7.47. The van der Waals surface area contributed by atoms with Gasteiger partial charge in [-0.15, -0.1) is 0 Å². The Hall–Kier alpha value is -1.91. The highest BCUT2D eigenvalue weighted by molar-refractivity contribution is 5.99. The quantitative estimate of drug-likeness (QED) is 0.448. The number of oxime groups is 1. The smallest absolute Gasteiger partial charge is 0.273 e. The average molecular weight is 222 g/mol. The summed E-state index contributed by atoms with van der Waals surface area (Å²) >= 11 is 0. The maximum atomic E-state index is 10.8. The van der Waals surface area contributed by atoms with E-state index < -0.39 is 0 Å². The number of benzene rings is 1. The van der Waals surface area contributed by atoms with Gasteiger partial charge >= 0.3 is 0 Å². The minimum Gasteiger partial charge on any atom is -0.399 e. The summed E-state index contributed by atoms with van der Waals surface area (Å²) in [6, 6.07) is 3.38. The lowest BCUT2D eigenvalue weighted by Crippen LogP contribution is -2.01. The molecule has 5 heteroatoms. The van der Waals surface area contributed by atoms with Crippen LogP contribution in [0.5, 0.6) is 0 Å². The molecule has 0 saturated heterocycles. The van der Waals surface area contributed by atoms with E-state index in [4.69, 9.17) is 0 Å². The fraction of sp³-hybridized carbons (Fsp3) is 0.364. The molecule has 1 aromatic rings. The first-order valence-corrected chi connectivity index (χ1v) is 4.81. The Morgan fingerprint density at radius 1 is 1.44 bits per heavy atom. The summed E-state index contributed by atoms with van der Waals surface area (Å²) in [5, 5.41) is 14.6. The number of rotatable bonds is 3. The van der Waals surface area contributed by atoms with Crippen molar-refractivity contribution in [1.29, 1.82) is 0 Å². The van der Waals surface area contributed by atoms with Crippen LogP contribution in [0.15, 0.2) is 17.3 Å². The largest absolute Gasteiger partial charge is 0.399 e. The molecular weight excluding hydrogens is 208 g/mol. The Morgan fingerprint density at radius 3 is 2.56 bits per heavy atom. The minimum atomic E-state index is -0.383. The van der Waals surface area contributed by atoms with Gasteiger partial charge in [0.25, 0.3) is 5.69 Å². The van der Waals surface area contributed by atoms with Crippen molar-refractivity contribution < 1.29 is 9.76 Å². The molecule has 0 saturated carbocycles. The van der Waals surface area contributed by atoms with Gasteiger partial charge in [0.05, 0.1) is 10.6 Å². The highest BCUT2D eigenvalue weighted by Gasteiger charge is 2.15. The lowest BCUT2D eigenvalue weighted by atomic mass is 10.0. The standard InChI is InChI=1S/C11H14N2O3/c1-7-5-10(9(3)12-16-4)6-11(8(7)2)13(14)15/h5-6H,1-4H3/b12-9+. The molecule has 86 valence electrons. The number of nitro groups is 1. The van der Waals surface area contributed by atoms with Crippen LogP contribution in [0.25, 0.3) is 0 Å². The number of nitrogens with zero attached hydrogens (tertiary/aromatic N) is 2. The molecule has 0 radical (unpaired) electrons. The van der Waals surface area contributed by atoms with Crippen molar-refractivity contribution in [1.82, 2.24) is 0 Å². The molecule has 5 nitrogen and oxygen atoms in total. The van der Waals surface area contributed by atoms with Crippen LogP contribution in [0, 0.1) is 24.0 Å². The second kappa shape index (κ2) is 4.74. The molecule has 0 aliphatic rings.